The van der Waals surface area contributed by atoms with Crippen LogP contribution < -0.4 is 5.32 Å². The Morgan fingerprint density at radius 3 is 2.85 bits per heavy atom. The fraction of sp³-hybridized carbons (Fsp3) is 0.250. The number of nitrogens with zero attached hydrogens (tertiary/aromatic N) is 6. The average molecular weight is 369 g/mol. The van der Waals surface area contributed by atoms with Crippen molar-refractivity contribution in [1.82, 2.24) is 35.3 Å². The van der Waals surface area contributed by atoms with Gasteiger partial charge in [0.15, 0.2) is 5.82 Å². The fourth-order valence-corrected chi connectivity index (χ4v) is 3.24. The minimum atomic E-state index is -0.104. The lowest BCUT2D eigenvalue weighted by Gasteiger charge is -2.00. The minimum absolute atomic E-state index is 0.104. The summed E-state index contributed by atoms with van der Waals surface area (Å²) in [6, 6.07) is 9.48. The van der Waals surface area contributed by atoms with E-state index in [0.29, 0.717) is 24.6 Å². The number of rotatable bonds is 6. The molecule has 4 rings (SSSR count). The van der Waals surface area contributed by atoms with Crippen molar-refractivity contribution in [2.75, 3.05) is 0 Å². The van der Waals surface area contributed by atoms with Crippen LogP contribution in [0.15, 0.2) is 34.7 Å². The van der Waals surface area contributed by atoms with Gasteiger partial charge in [0, 0.05) is 18.4 Å². The lowest BCUT2D eigenvalue weighted by atomic mass is 10.2. The molecule has 0 unspecified atom stereocenters. The molecule has 0 aliphatic heterocycles. The van der Waals surface area contributed by atoms with Gasteiger partial charge in [-0.25, -0.2) is 0 Å². The van der Waals surface area contributed by atoms with Crippen LogP contribution in [0.1, 0.15) is 23.1 Å². The first-order chi connectivity index (χ1) is 12.7. The zero-order chi connectivity index (χ0) is 17.9. The highest BCUT2D eigenvalue weighted by Crippen LogP contribution is 2.17. The summed E-state index contributed by atoms with van der Waals surface area (Å²) in [5, 5.41) is 23.9. The molecule has 0 saturated heterocycles. The normalized spacial score (nSPS) is 11.1. The summed E-state index contributed by atoms with van der Waals surface area (Å²) in [4.78, 5) is 12.8. The molecule has 0 aliphatic carbocycles. The third kappa shape index (κ3) is 3.45. The second-order valence-corrected chi connectivity index (χ2v) is 6.62. The van der Waals surface area contributed by atoms with Crippen LogP contribution >= 0.6 is 11.3 Å². The van der Waals surface area contributed by atoms with Crippen LogP contribution in [-0.2, 0) is 17.8 Å². The van der Waals surface area contributed by atoms with Crippen molar-refractivity contribution in [2.24, 2.45) is 0 Å². The SMILES string of the molecule is Cc1nnc2sc(CCC(=O)NCc3nnc(-c4ccccc4)o3)nn12. The van der Waals surface area contributed by atoms with E-state index in [1.165, 1.54) is 11.3 Å². The van der Waals surface area contributed by atoms with Gasteiger partial charge in [0.25, 0.3) is 0 Å². The lowest BCUT2D eigenvalue weighted by Crippen LogP contribution is -2.23. The number of amides is 1. The van der Waals surface area contributed by atoms with Gasteiger partial charge >= 0.3 is 0 Å². The van der Waals surface area contributed by atoms with E-state index >= 15 is 0 Å². The van der Waals surface area contributed by atoms with Crippen LogP contribution in [0.25, 0.3) is 16.4 Å². The third-order valence-electron chi connectivity index (χ3n) is 3.68. The van der Waals surface area contributed by atoms with Crippen LogP contribution in [0, 0.1) is 6.92 Å². The number of hydrogen-bond donors (Lipinski definition) is 1. The molecule has 0 bridgehead atoms. The Labute approximate surface area is 152 Å². The highest BCUT2D eigenvalue weighted by molar-refractivity contribution is 7.16. The molecule has 3 aromatic heterocycles. The number of aromatic nitrogens is 6. The van der Waals surface area contributed by atoms with E-state index in [2.05, 4.69) is 30.8 Å². The maximum atomic E-state index is 12.0. The summed E-state index contributed by atoms with van der Waals surface area (Å²) in [6.07, 6.45) is 0.862. The highest BCUT2D eigenvalue weighted by atomic mass is 32.1. The van der Waals surface area contributed by atoms with Crippen molar-refractivity contribution in [3.05, 3.63) is 47.1 Å². The largest absolute Gasteiger partial charge is 0.419 e. The van der Waals surface area contributed by atoms with E-state index in [9.17, 15) is 4.79 Å². The molecule has 0 atom stereocenters. The number of carbonyl (C=O) groups excluding carboxylic acids is 1. The molecule has 0 aliphatic rings. The standard InChI is InChI=1S/C16H15N7O2S/c1-10-18-21-16-23(10)22-14(26-16)8-7-12(24)17-9-13-19-20-15(25-13)11-5-3-2-4-6-11/h2-6H,7-9H2,1H3,(H,17,24). The molecule has 0 fully saturated rings. The van der Waals surface area contributed by atoms with Gasteiger partial charge in [0.05, 0.1) is 6.54 Å². The van der Waals surface area contributed by atoms with Crippen LogP contribution in [0.4, 0.5) is 0 Å². The topological polar surface area (TPSA) is 111 Å². The van der Waals surface area contributed by atoms with Crippen molar-refractivity contribution in [2.45, 2.75) is 26.3 Å². The van der Waals surface area contributed by atoms with Crippen LogP contribution in [0.3, 0.4) is 0 Å². The number of aryl methyl sites for hydroxylation is 2. The van der Waals surface area contributed by atoms with Gasteiger partial charge in [-0.05, 0) is 19.1 Å². The molecule has 0 radical (unpaired) electrons. The molecule has 3 heterocycles. The smallest absolute Gasteiger partial charge is 0.247 e. The fourth-order valence-electron chi connectivity index (χ4n) is 2.36. The van der Waals surface area contributed by atoms with E-state index in [1.807, 2.05) is 37.3 Å². The zero-order valence-electron chi connectivity index (χ0n) is 13.9. The summed E-state index contributed by atoms with van der Waals surface area (Å²) in [6.45, 7) is 2.03. The van der Waals surface area contributed by atoms with Gasteiger partial charge in [-0.3, -0.25) is 4.79 Å². The molecule has 0 spiro atoms. The summed E-state index contributed by atoms with van der Waals surface area (Å²) >= 11 is 1.43. The van der Waals surface area contributed by atoms with Crippen LogP contribution in [-0.4, -0.2) is 35.9 Å². The summed E-state index contributed by atoms with van der Waals surface area (Å²) in [5.74, 6) is 1.43. The highest BCUT2D eigenvalue weighted by Gasteiger charge is 2.12. The van der Waals surface area contributed by atoms with Gasteiger partial charge in [-0.15, -0.1) is 20.4 Å². The molecule has 0 saturated carbocycles. The van der Waals surface area contributed by atoms with E-state index in [0.717, 1.165) is 21.4 Å². The van der Waals surface area contributed by atoms with E-state index in [1.54, 1.807) is 4.52 Å². The molecular weight excluding hydrogens is 354 g/mol. The molecular formula is C16H15N7O2S. The van der Waals surface area contributed by atoms with Crippen LogP contribution in [0.5, 0.6) is 0 Å². The number of fused-ring (bicyclic) bond motifs is 1. The summed E-state index contributed by atoms with van der Waals surface area (Å²) < 4.78 is 7.24. The second kappa shape index (κ2) is 7.00. The Kier molecular flexibility index (Phi) is 4.40. The van der Waals surface area contributed by atoms with Gasteiger partial charge < -0.3 is 9.73 Å². The molecule has 9 nitrogen and oxygen atoms in total. The Morgan fingerprint density at radius 2 is 2.04 bits per heavy atom. The number of benzene rings is 1. The second-order valence-electron chi connectivity index (χ2n) is 5.58. The monoisotopic (exact) mass is 369 g/mol. The lowest BCUT2D eigenvalue weighted by molar-refractivity contribution is -0.121. The van der Waals surface area contributed by atoms with Crippen molar-refractivity contribution >= 4 is 22.2 Å². The minimum Gasteiger partial charge on any atom is -0.419 e. The van der Waals surface area contributed by atoms with E-state index in [-0.39, 0.29) is 12.5 Å². The van der Waals surface area contributed by atoms with E-state index in [4.69, 9.17) is 4.42 Å². The average Bonchev–Trinajstić information content (AvgIpc) is 3.37. The first-order valence-corrected chi connectivity index (χ1v) is 8.83. The molecule has 26 heavy (non-hydrogen) atoms. The summed E-state index contributed by atoms with van der Waals surface area (Å²) in [5.41, 5.74) is 0.844. The van der Waals surface area contributed by atoms with Gasteiger partial charge in [0.2, 0.25) is 22.6 Å². The van der Waals surface area contributed by atoms with Gasteiger partial charge in [0.1, 0.15) is 5.01 Å². The summed E-state index contributed by atoms with van der Waals surface area (Å²) in [7, 11) is 0. The number of carbonyl (C=O) groups is 1. The molecule has 1 N–H and O–H groups in total. The number of hydrogen-bond acceptors (Lipinski definition) is 8. The Bertz CT molecular complexity index is 1040. The van der Waals surface area contributed by atoms with Crippen LogP contribution in [0.2, 0.25) is 0 Å². The van der Waals surface area contributed by atoms with Crippen molar-refractivity contribution in [3.63, 3.8) is 0 Å². The Morgan fingerprint density at radius 1 is 1.19 bits per heavy atom. The van der Waals surface area contributed by atoms with Gasteiger partial charge in [-0.1, -0.05) is 29.5 Å². The molecule has 132 valence electrons. The molecule has 1 aromatic carbocycles. The third-order valence-corrected chi connectivity index (χ3v) is 4.64. The van der Waals surface area contributed by atoms with Crippen molar-refractivity contribution in [1.29, 1.82) is 0 Å². The van der Waals surface area contributed by atoms with Gasteiger partial charge in [-0.2, -0.15) is 9.61 Å². The zero-order valence-corrected chi connectivity index (χ0v) is 14.7. The quantitative estimate of drug-likeness (QED) is 0.551. The molecule has 4 aromatic rings. The molecule has 10 heteroatoms. The van der Waals surface area contributed by atoms with Crippen molar-refractivity contribution < 1.29 is 9.21 Å². The Hall–Kier alpha value is -3.14. The first-order valence-electron chi connectivity index (χ1n) is 8.01. The molecule has 1 amide bonds. The maximum absolute atomic E-state index is 12.0. The predicted octanol–water partition coefficient (Wildman–Crippen LogP) is 1.79. The first kappa shape index (κ1) is 16.3. The van der Waals surface area contributed by atoms with Crippen molar-refractivity contribution in [3.8, 4) is 11.5 Å². The number of nitrogens with one attached hydrogen (secondary N) is 1. The maximum Gasteiger partial charge on any atom is 0.247 e. The van der Waals surface area contributed by atoms with E-state index < -0.39 is 0 Å². The Balaban J connectivity index is 1.29. The predicted molar refractivity (Wildman–Crippen MR) is 93.3 cm³/mol.